The van der Waals surface area contributed by atoms with E-state index in [4.69, 9.17) is 14.4 Å². The highest BCUT2D eigenvalue weighted by molar-refractivity contribution is 5.76. The van der Waals surface area contributed by atoms with E-state index in [1.165, 1.54) is 0 Å². The van der Waals surface area contributed by atoms with E-state index in [1.54, 1.807) is 6.20 Å². The van der Waals surface area contributed by atoms with Gasteiger partial charge in [0.15, 0.2) is 0 Å². The van der Waals surface area contributed by atoms with E-state index in [9.17, 15) is 9.90 Å². The van der Waals surface area contributed by atoms with Gasteiger partial charge >= 0.3 is 0 Å². The Morgan fingerprint density at radius 3 is 2.79 bits per heavy atom. The van der Waals surface area contributed by atoms with Crippen molar-refractivity contribution >= 4 is 5.91 Å². The first-order valence-corrected chi connectivity index (χ1v) is 11.1. The lowest BCUT2D eigenvalue weighted by Crippen LogP contribution is -2.36. The van der Waals surface area contributed by atoms with E-state index in [1.807, 2.05) is 38.1 Å². The van der Waals surface area contributed by atoms with E-state index < -0.39 is 18.6 Å². The molecule has 1 atom stereocenters. The molecule has 9 heteroatoms. The number of nitrogens with zero attached hydrogens (tertiary/aromatic N) is 3. The van der Waals surface area contributed by atoms with Gasteiger partial charge in [-0.25, -0.2) is 0 Å². The molecule has 9 nitrogen and oxygen atoms in total. The van der Waals surface area contributed by atoms with Crippen LogP contribution in [0.2, 0.25) is 0 Å². The van der Waals surface area contributed by atoms with Gasteiger partial charge in [-0.05, 0) is 55.2 Å². The number of aromatic nitrogens is 3. The zero-order chi connectivity index (χ0) is 23.8. The van der Waals surface area contributed by atoms with Crippen molar-refractivity contribution in [3.8, 4) is 28.6 Å². The van der Waals surface area contributed by atoms with Crippen LogP contribution in [0.5, 0.6) is 5.75 Å². The number of ether oxygens (including phenoxy) is 1. The average Bonchev–Trinajstić information content (AvgIpc) is 3.32. The van der Waals surface area contributed by atoms with Crippen LogP contribution in [0.15, 0.2) is 35.0 Å². The predicted octanol–water partition coefficient (Wildman–Crippen LogP) is 2.47. The molecule has 2 aromatic heterocycles. The van der Waals surface area contributed by atoms with E-state index in [0.29, 0.717) is 23.9 Å². The van der Waals surface area contributed by atoms with Gasteiger partial charge in [0.05, 0.1) is 0 Å². The molecule has 0 aliphatic carbocycles. The summed E-state index contributed by atoms with van der Waals surface area (Å²) in [5.41, 5.74) is 4.44. The third kappa shape index (κ3) is 6.36. The Morgan fingerprint density at radius 1 is 1.24 bits per heavy atom. The van der Waals surface area contributed by atoms with Gasteiger partial charge in [0.2, 0.25) is 11.7 Å². The second-order valence-corrected chi connectivity index (χ2v) is 7.77. The summed E-state index contributed by atoms with van der Waals surface area (Å²) in [7, 11) is 0. The third-order valence-electron chi connectivity index (χ3n) is 5.08. The number of aliphatic hydroxyl groups is 2. The Kier molecular flexibility index (Phi) is 8.51. The summed E-state index contributed by atoms with van der Waals surface area (Å²) in [5, 5.41) is 25.4. The molecule has 1 amide bonds. The maximum Gasteiger partial charge on any atom is 0.258 e. The number of pyridine rings is 1. The van der Waals surface area contributed by atoms with Crippen LogP contribution in [-0.2, 0) is 17.6 Å². The Balaban J connectivity index is 1.76. The molecular weight excluding hydrogens is 424 g/mol. The highest BCUT2D eigenvalue weighted by Gasteiger charge is 2.16. The van der Waals surface area contributed by atoms with Crippen molar-refractivity contribution in [2.75, 3.05) is 19.8 Å². The maximum atomic E-state index is 11.1. The van der Waals surface area contributed by atoms with Crippen molar-refractivity contribution < 1.29 is 24.3 Å². The number of carbonyl (C=O) groups excluding carboxylic acids is 1. The lowest BCUT2D eigenvalue weighted by molar-refractivity contribution is -0.124. The molecule has 3 N–H and O–H groups in total. The third-order valence-corrected chi connectivity index (χ3v) is 5.08. The van der Waals surface area contributed by atoms with E-state index in [2.05, 4.69) is 27.4 Å². The quantitative estimate of drug-likeness (QED) is 0.403. The molecule has 0 unspecified atom stereocenters. The van der Waals surface area contributed by atoms with Crippen LogP contribution in [0.3, 0.4) is 0 Å². The molecule has 0 fully saturated rings. The summed E-state index contributed by atoms with van der Waals surface area (Å²) >= 11 is 0. The number of hydrogen-bond acceptors (Lipinski definition) is 8. The minimum Gasteiger partial charge on any atom is -0.490 e. The zero-order valence-corrected chi connectivity index (χ0v) is 19.2. The number of aryl methyl sites for hydroxylation is 3. The number of carbonyl (C=O) groups is 1. The van der Waals surface area contributed by atoms with Gasteiger partial charge < -0.3 is 24.8 Å². The van der Waals surface area contributed by atoms with Crippen LogP contribution < -0.4 is 10.1 Å². The van der Waals surface area contributed by atoms with Crippen molar-refractivity contribution in [3.05, 3.63) is 47.3 Å². The first-order chi connectivity index (χ1) is 15.9. The van der Waals surface area contributed by atoms with Gasteiger partial charge in [-0.15, -0.1) is 0 Å². The van der Waals surface area contributed by atoms with Crippen LogP contribution >= 0.6 is 0 Å². The van der Waals surface area contributed by atoms with Crippen molar-refractivity contribution in [1.29, 1.82) is 0 Å². The molecular formula is C24H30N4O5. The molecule has 0 saturated carbocycles. The number of hydrogen-bond donors (Lipinski definition) is 3. The minimum atomic E-state index is -0.901. The van der Waals surface area contributed by atoms with Gasteiger partial charge in [0.25, 0.3) is 5.89 Å². The van der Waals surface area contributed by atoms with Gasteiger partial charge in [-0.1, -0.05) is 25.4 Å². The van der Waals surface area contributed by atoms with E-state index in [0.717, 1.165) is 40.8 Å². The molecule has 1 aromatic carbocycles. The Labute approximate surface area is 192 Å². The molecule has 176 valence electrons. The van der Waals surface area contributed by atoms with Crippen LogP contribution in [0, 0.1) is 6.92 Å². The smallest absolute Gasteiger partial charge is 0.258 e. The van der Waals surface area contributed by atoms with Crippen molar-refractivity contribution in [2.24, 2.45) is 0 Å². The van der Waals surface area contributed by atoms with Gasteiger partial charge in [0.1, 0.15) is 25.1 Å². The summed E-state index contributed by atoms with van der Waals surface area (Å²) in [5.74, 6) is 1.05. The largest absolute Gasteiger partial charge is 0.490 e. The first-order valence-electron chi connectivity index (χ1n) is 11.1. The fourth-order valence-electron chi connectivity index (χ4n) is 3.43. The lowest BCUT2D eigenvalue weighted by Gasteiger charge is -2.17. The fraction of sp³-hybridized carbons (Fsp3) is 0.417. The monoisotopic (exact) mass is 454 g/mol. The van der Waals surface area contributed by atoms with Crippen LogP contribution in [-0.4, -0.2) is 57.1 Å². The highest BCUT2D eigenvalue weighted by atomic mass is 16.5. The summed E-state index contributed by atoms with van der Waals surface area (Å²) in [6.45, 7) is 5.42. The SMILES string of the molecule is CCCc1cc(-c2nc(-c3cc(C)c(OC[C@@H](O)CNC(=O)CO)c(CC)c3)no2)ccn1. The highest BCUT2D eigenvalue weighted by Crippen LogP contribution is 2.31. The van der Waals surface area contributed by atoms with Crippen molar-refractivity contribution in [2.45, 2.75) is 46.1 Å². The Morgan fingerprint density at radius 2 is 2.06 bits per heavy atom. The molecule has 2 heterocycles. The van der Waals surface area contributed by atoms with Crippen molar-refractivity contribution in [3.63, 3.8) is 0 Å². The second-order valence-electron chi connectivity index (χ2n) is 7.77. The number of nitrogens with one attached hydrogen (secondary N) is 1. The fourth-order valence-corrected chi connectivity index (χ4v) is 3.43. The minimum absolute atomic E-state index is 0.00139. The maximum absolute atomic E-state index is 11.1. The number of amides is 1. The van der Waals surface area contributed by atoms with E-state index in [-0.39, 0.29) is 13.2 Å². The summed E-state index contributed by atoms with van der Waals surface area (Å²) in [6.07, 6.45) is 3.45. The van der Waals surface area contributed by atoms with Crippen LogP contribution in [0.1, 0.15) is 37.1 Å². The molecule has 0 aliphatic heterocycles. The zero-order valence-electron chi connectivity index (χ0n) is 19.2. The molecule has 0 spiro atoms. The number of rotatable bonds is 11. The first kappa shape index (κ1) is 24.3. The number of aliphatic hydroxyl groups excluding tert-OH is 2. The van der Waals surface area contributed by atoms with Gasteiger partial charge in [-0.3, -0.25) is 9.78 Å². The standard InChI is InChI=1S/C24H30N4O5/c1-4-6-19-11-17(7-8-25-19)24-27-23(28-33-24)18-9-15(3)22(16(5-2)10-18)32-14-20(30)12-26-21(31)13-29/h7-11,20,29-30H,4-6,12-14H2,1-3H3,(H,26,31)/t20-/m0/s1. The average molecular weight is 455 g/mol. The second kappa shape index (κ2) is 11.5. The normalized spacial score (nSPS) is 11.9. The molecule has 0 aliphatic rings. The van der Waals surface area contributed by atoms with Crippen LogP contribution in [0.4, 0.5) is 0 Å². The Hall–Kier alpha value is -3.30. The molecule has 3 aromatic rings. The van der Waals surface area contributed by atoms with Crippen molar-refractivity contribution in [1.82, 2.24) is 20.4 Å². The van der Waals surface area contributed by atoms with Gasteiger partial charge in [-0.2, -0.15) is 4.98 Å². The molecule has 0 saturated heterocycles. The molecule has 33 heavy (non-hydrogen) atoms. The summed E-state index contributed by atoms with van der Waals surface area (Å²) in [4.78, 5) is 20.1. The van der Waals surface area contributed by atoms with Crippen LogP contribution in [0.25, 0.3) is 22.8 Å². The number of benzene rings is 1. The Bertz CT molecular complexity index is 1080. The summed E-state index contributed by atoms with van der Waals surface area (Å²) in [6, 6.07) is 7.68. The molecule has 3 rings (SSSR count). The topological polar surface area (TPSA) is 131 Å². The molecule has 0 bridgehead atoms. The lowest BCUT2D eigenvalue weighted by atomic mass is 10.0. The summed E-state index contributed by atoms with van der Waals surface area (Å²) < 4.78 is 11.4. The van der Waals surface area contributed by atoms with E-state index >= 15 is 0 Å². The molecule has 0 radical (unpaired) electrons. The predicted molar refractivity (Wildman–Crippen MR) is 123 cm³/mol. The van der Waals surface area contributed by atoms with Gasteiger partial charge in [0, 0.05) is 29.6 Å².